The van der Waals surface area contributed by atoms with Crippen molar-refractivity contribution in [2.24, 2.45) is 0 Å². The molecular formula is C9H5FO2S. The topological polar surface area (TPSA) is 37.3 Å². The Balaban J connectivity index is 2.88. The van der Waals surface area contributed by atoms with Crippen LogP contribution in [-0.4, -0.2) is 11.1 Å². The number of aromatic carboxylic acids is 1. The average Bonchev–Trinajstić information content (AvgIpc) is 2.50. The van der Waals surface area contributed by atoms with Crippen LogP contribution in [-0.2, 0) is 0 Å². The molecule has 0 saturated carbocycles. The molecule has 0 radical (unpaired) electrons. The minimum atomic E-state index is -1.22. The van der Waals surface area contributed by atoms with Gasteiger partial charge in [-0.25, -0.2) is 9.18 Å². The normalized spacial score (nSPS) is 10.5. The molecule has 0 amide bonds. The lowest BCUT2D eigenvalue weighted by molar-refractivity contribution is 0.0694. The van der Waals surface area contributed by atoms with Gasteiger partial charge in [0, 0.05) is 0 Å². The fourth-order valence-corrected chi connectivity index (χ4v) is 2.13. The van der Waals surface area contributed by atoms with Gasteiger partial charge < -0.3 is 5.11 Å². The lowest BCUT2D eigenvalue weighted by Crippen LogP contribution is -1.99. The number of hydrogen-bond donors (Lipinski definition) is 1. The minimum absolute atomic E-state index is 0.229. The van der Waals surface area contributed by atoms with Gasteiger partial charge in [-0.15, -0.1) is 11.3 Å². The van der Waals surface area contributed by atoms with Crippen molar-refractivity contribution >= 4 is 27.4 Å². The fraction of sp³-hybridized carbons (Fsp3) is 0. The maximum Gasteiger partial charge on any atom is 0.340 e. The Morgan fingerprint density at radius 1 is 1.38 bits per heavy atom. The van der Waals surface area contributed by atoms with Crippen LogP contribution in [0.1, 0.15) is 10.4 Å². The summed E-state index contributed by atoms with van der Waals surface area (Å²) in [5, 5.41) is 11.3. The van der Waals surface area contributed by atoms with Crippen LogP contribution in [0.2, 0.25) is 0 Å². The Morgan fingerprint density at radius 3 is 2.85 bits per heavy atom. The lowest BCUT2D eigenvalue weighted by atomic mass is 10.1. The average molecular weight is 196 g/mol. The highest BCUT2D eigenvalue weighted by Crippen LogP contribution is 2.26. The molecule has 0 atom stereocenters. The van der Waals surface area contributed by atoms with Crippen LogP contribution in [0.15, 0.2) is 23.6 Å². The Bertz CT molecular complexity index is 475. The van der Waals surface area contributed by atoms with Crippen molar-refractivity contribution in [1.29, 1.82) is 0 Å². The second kappa shape index (κ2) is 2.81. The summed E-state index contributed by atoms with van der Waals surface area (Å²) in [6.07, 6.45) is 0. The van der Waals surface area contributed by atoms with Gasteiger partial charge in [0.1, 0.15) is 11.4 Å². The number of benzene rings is 1. The van der Waals surface area contributed by atoms with E-state index in [0.717, 1.165) is 5.39 Å². The van der Waals surface area contributed by atoms with E-state index in [2.05, 4.69) is 0 Å². The Hall–Kier alpha value is -1.42. The van der Waals surface area contributed by atoms with Crippen LogP contribution in [0.25, 0.3) is 10.1 Å². The van der Waals surface area contributed by atoms with Gasteiger partial charge in [-0.2, -0.15) is 0 Å². The maximum absolute atomic E-state index is 13.1. The molecule has 2 aromatic rings. The highest BCUT2D eigenvalue weighted by atomic mass is 32.1. The summed E-state index contributed by atoms with van der Waals surface area (Å²) in [4.78, 5) is 10.7. The first kappa shape index (κ1) is 8.19. The van der Waals surface area contributed by atoms with E-state index in [0.29, 0.717) is 4.70 Å². The van der Waals surface area contributed by atoms with E-state index < -0.39 is 11.8 Å². The molecule has 2 nitrogen and oxygen atoms in total. The zero-order valence-corrected chi connectivity index (χ0v) is 7.27. The molecule has 13 heavy (non-hydrogen) atoms. The highest BCUT2D eigenvalue weighted by Gasteiger charge is 2.14. The van der Waals surface area contributed by atoms with E-state index in [9.17, 15) is 9.18 Å². The first-order valence-corrected chi connectivity index (χ1v) is 4.47. The molecule has 0 bridgehead atoms. The molecule has 1 N–H and O–H groups in total. The third kappa shape index (κ3) is 1.19. The van der Waals surface area contributed by atoms with Crippen molar-refractivity contribution < 1.29 is 14.3 Å². The van der Waals surface area contributed by atoms with E-state index in [4.69, 9.17) is 5.11 Å². The fourth-order valence-electron chi connectivity index (χ4n) is 1.21. The predicted octanol–water partition coefficient (Wildman–Crippen LogP) is 2.74. The molecule has 1 aromatic heterocycles. The smallest absolute Gasteiger partial charge is 0.340 e. The number of carbonyl (C=O) groups is 1. The first-order chi connectivity index (χ1) is 6.20. The van der Waals surface area contributed by atoms with Crippen LogP contribution in [0.3, 0.4) is 0 Å². The zero-order chi connectivity index (χ0) is 9.42. The maximum atomic E-state index is 13.1. The summed E-state index contributed by atoms with van der Waals surface area (Å²) in [5.41, 5.74) is -0.229. The van der Waals surface area contributed by atoms with Gasteiger partial charge in [-0.05, 0) is 22.9 Å². The van der Waals surface area contributed by atoms with Crippen molar-refractivity contribution in [2.75, 3.05) is 0 Å². The molecule has 0 aliphatic carbocycles. The SMILES string of the molecule is O=C(O)c1c(F)ccc2ccsc12. The number of fused-ring (bicyclic) bond motifs is 1. The van der Waals surface area contributed by atoms with Gasteiger partial charge in [-0.1, -0.05) is 6.07 Å². The number of rotatable bonds is 1. The van der Waals surface area contributed by atoms with Crippen molar-refractivity contribution in [2.45, 2.75) is 0 Å². The summed E-state index contributed by atoms with van der Waals surface area (Å²) < 4.78 is 13.6. The summed E-state index contributed by atoms with van der Waals surface area (Å²) >= 11 is 1.24. The molecule has 1 aromatic carbocycles. The Kier molecular flexibility index (Phi) is 1.77. The van der Waals surface area contributed by atoms with Crippen LogP contribution in [0, 0.1) is 5.82 Å². The molecule has 0 fully saturated rings. The largest absolute Gasteiger partial charge is 0.478 e. The summed E-state index contributed by atoms with van der Waals surface area (Å²) in [6, 6.07) is 4.53. The molecule has 0 aliphatic heterocycles. The molecule has 0 saturated heterocycles. The van der Waals surface area contributed by atoms with Gasteiger partial charge in [0.05, 0.1) is 4.70 Å². The van der Waals surface area contributed by atoms with Gasteiger partial charge in [0.2, 0.25) is 0 Å². The lowest BCUT2D eigenvalue weighted by Gasteiger charge is -1.97. The number of hydrogen-bond acceptors (Lipinski definition) is 2. The van der Waals surface area contributed by atoms with E-state index in [1.54, 1.807) is 17.5 Å². The number of halogens is 1. The molecule has 0 aliphatic rings. The van der Waals surface area contributed by atoms with Gasteiger partial charge in [-0.3, -0.25) is 0 Å². The van der Waals surface area contributed by atoms with Crippen LogP contribution < -0.4 is 0 Å². The monoisotopic (exact) mass is 196 g/mol. The predicted molar refractivity (Wildman–Crippen MR) is 48.7 cm³/mol. The van der Waals surface area contributed by atoms with Gasteiger partial charge in [0.15, 0.2) is 0 Å². The number of carboxylic acids is 1. The molecule has 1 heterocycles. The van der Waals surface area contributed by atoms with Gasteiger partial charge in [0.25, 0.3) is 0 Å². The van der Waals surface area contributed by atoms with E-state index >= 15 is 0 Å². The summed E-state index contributed by atoms with van der Waals surface area (Å²) in [7, 11) is 0. The summed E-state index contributed by atoms with van der Waals surface area (Å²) in [6.45, 7) is 0. The van der Waals surface area contributed by atoms with Crippen LogP contribution in [0.4, 0.5) is 4.39 Å². The second-order valence-electron chi connectivity index (χ2n) is 2.57. The quantitative estimate of drug-likeness (QED) is 0.761. The van der Waals surface area contributed by atoms with Crippen LogP contribution >= 0.6 is 11.3 Å². The molecule has 0 spiro atoms. The van der Waals surface area contributed by atoms with Crippen molar-refractivity contribution in [3.8, 4) is 0 Å². The Morgan fingerprint density at radius 2 is 2.15 bits per heavy atom. The van der Waals surface area contributed by atoms with Crippen molar-refractivity contribution in [3.63, 3.8) is 0 Å². The number of carboxylic acid groups (broad SMARTS) is 1. The van der Waals surface area contributed by atoms with E-state index in [-0.39, 0.29) is 5.56 Å². The summed E-state index contributed by atoms with van der Waals surface area (Å²) in [5.74, 6) is -1.90. The molecule has 4 heteroatoms. The molecule has 0 unspecified atom stereocenters. The van der Waals surface area contributed by atoms with Gasteiger partial charge >= 0.3 is 5.97 Å². The zero-order valence-electron chi connectivity index (χ0n) is 6.45. The number of thiophene rings is 1. The van der Waals surface area contributed by atoms with Crippen LogP contribution in [0.5, 0.6) is 0 Å². The van der Waals surface area contributed by atoms with Crippen molar-refractivity contribution in [3.05, 3.63) is 35.0 Å². The molecule has 66 valence electrons. The van der Waals surface area contributed by atoms with Crippen molar-refractivity contribution in [1.82, 2.24) is 0 Å². The minimum Gasteiger partial charge on any atom is -0.478 e. The third-order valence-electron chi connectivity index (χ3n) is 1.78. The second-order valence-corrected chi connectivity index (χ2v) is 3.48. The van der Waals surface area contributed by atoms with E-state index in [1.165, 1.54) is 17.4 Å². The third-order valence-corrected chi connectivity index (χ3v) is 2.73. The first-order valence-electron chi connectivity index (χ1n) is 3.59. The van der Waals surface area contributed by atoms with E-state index in [1.807, 2.05) is 0 Å². The standard InChI is InChI=1S/C9H5FO2S/c10-6-2-1-5-3-4-13-8(5)7(6)9(11)12/h1-4H,(H,11,12). The highest BCUT2D eigenvalue weighted by molar-refractivity contribution is 7.17. The Labute approximate surface area is 77.2 Å². The molecular weight excluding hydrogens is 191 g/mol. The molecule has 2 rings (SSSR count).